The molecule has 0 N–H and O–H groups in total. The van der Waals surface area contributed by atoms with E-state index in [4.69, 9.17) is 9.15 Å². The lowest BCUT2D eigenvalue weighted by Crippen LogP contribution is -1.98. The van der Waals surface area contributed by atoms with Crippen LogP contribution in [0.15, 0.2) is 49.4 Å². The lowest BCUT2D eigenvalue weighted by Gasteiger charge is -2.05. The molecule has 1 atom stereocenters. The molecule has 0 aliphatic rings. The first kappa shape index (κ1) is 19.3. The van der Waals surface area contributed by atoms with E-state index in [0.29, 0.717) is 6.61 Å². The lowest BCUT2D eigenvalue weighted by atomic mass is 10.1. The SMILES string of the molecule is C=C(/C=C\C(=C/C)Sc1oc(C(C)CCOC)nc1Br)CC. The van der Waals surface area contributed by atoms with Crippen molar-refractivity contribution < 1.29 is 9.15 Å². The fraction of sp³-hybridized carbons (Fsp3) is 0.471. The quantitative estimate of drug-likeness (QED) is 0.380. The molecule has 5 heteroatoms. The molecule has 3 nitrogen and oxygen atoms in total. The summed E-state index contributed by atoms with van der Waals surface area (Å²) in [6, 6.07) is 0. The van der Waals surface area contributed by atoms with Crippen LogP contribution in [0.4, 0.5) is 0 Å². The highest BCUT2D eigenvalue weighted by atomic mass is 79.9. The van der Waals surface area contributed by atoms with Crippen LogP contribution < -0.4 is 0 Å². The highest BCUT2D eigenvalue weighted by Gasteiger charge is 2.17. The predicted octanol–water partition coefficient (Wildman–Crippen LogP) is 6.10. The number of hydrogen-bond donors (Lipinski definition) is 0. The van der Waals surface area contributed by atoms with Gasteiger partial charge in [-0.3, -0.25) is 0 Å². The first-order valence-corrected chi connectivity index (χ1v) is 8.97. The zero-order valence-corrected chi connectivity index (χ0v) is 16.1. The standard InChI is InChI=1S/C17H24BrNO2S/c1-6-12(3)8-9-14(7-2)22-17-15(18)19-16(21-17)13(4)10-11-20-5/h7-9,13H,3,6,10-11H2,1-2,4-5H3/b9-8-,14-7+. The summed E-state index contributed by atoms with van der Waals surface area (Å²) in [4.78, 5) is 5.57. The minimum absolute atomic E-state index is 0.232. The minimum atomic E-state index is 0.232. The fourth-order valence-electron chi connectivity index (χ4n) is 1.61. The molecule has 122 valence electrons. The summed E-state index contributed by atoms with van der Waals surface area (Å²) in [5.41, 5.74) is 1.10. The molecule has 0 saturated carbocycles. The summed E-state index contributed by atoms with van der Waals surface area (Å²) < 4.78 is 11.7. The van der Waals surface area contributed by atoms with Gasteiger partial charge >= 0.3 is 0 Å². The van der Waals surface area contributed by atoms with Crippen LogP contribution in [0.2, 0.25) is 0 Å². The Morgan fingerprint density at radius 3 is 2.82 bits per heavy atom. The molecule has 0 radical (unpaired) electrons. The molecule has 0 saturated heterocycles. The first-order chi connectivity index (χ1) is 10.5. The Labute approximate surface area is 146 Å². The Balaban J connectivity index is 2.78. The van der Waals surface area contributed by atoms with Crippen molar-refractivity contribution in [1.82, 2.24) is 4.98 Å². The van der Waals surface area contributed by atoms with Gasteiger partial charge in [0.25, 0.3) is 0 Å². The van der Waals surface area contributed by atoms with E-state index in [0.717, 1.165) is 38.9 Å². The highest BCUT2D eigenvalue weighted by molar-refractivity contribution is 9.10. The van der Waals surface area contributed by atoms with Gasteiger partial charge in [-0.15, -0.1) is 0 Å². The first-order valence-electron chi connectivity index (χ1n) is 7.36. The van der Waals surface area contributed by atoms with Gasteiger partial charge in [-0.2, -0.15) is 0 Å². The van der Waals surface area contributed by atoms with E-state index in [1.54, 1.807) is 18.9 Å². The van der Waals surface area contributed by atoms with Crippen molar-refractivity contribution in [3.05, 3.63) is 45.8 Å². The van der Waals surface area contributed by atoms with Crippen LogP contribution in [0.1, 0.15) is 45.4 Å². The molecular weight excluding hydrogens is 362 g/mol. The Morgan fingerprint density at radius 1 is 1.50 bits per heavy atom. The van der Waals surface area contributed by atoms with E-state index in [1.807, 2.05) is 19.1 Å². The van der Waals surface area contributed by atoms with Gasteiger partial charge in [0.1, 0.15) is 0 Å². The van der Waals surface area contributed by atoms with Gasteiger partial charge in [0, 0.05) is 24.5 Å². The number of halogens is 1. The molecule has 1 aromatic heterocycles. The van der Waals surface area contributed by atoms with Crippen LogP contribution in [-0.2, 0) is 4.74 Å². The zero-order chi connectivity index (χ0) is 16.5. The van der Waals surface area contributed by atoms with Gasteiger partial charge in [0.2, 0.25) is 0 Å². The summed E-state index contributed by atoms with van der Waals surface area (Å²) in [7, 11) is 1.70. The smallest absolute Gasteiger partial charge is 0.200 e. The van der Waals surface area contributed by atoms with Crippen LogP contribution in [0, 0.1) is 0 Å². The molecule has 22 heavy (non-hydrogen) atoms. The van der Waals surface area contributed by atoms with Gasteiger partial charge in [-0.25, -0.2) is 4.98 Å². The number of methoxy groups -OCH3 is 1. The number of hydrogen-bond acceptors (Lipinski definition) is 4. The van der Waals surface area contributed by atoms with Crippen molar-refractivity contribution in [2.45, 2.75) is 44.6 Å². The van der Waals surface area contributed by atoms with Crippen molar-refractivity contribution in [1.29, 1.82) is 0 Å². The Hall–Kier alpha value is -0.780. The van der Waals surface area contributed by atoms with Crippen molar-refractivity contribution in [2.75, 3.05) is 13.7 Å². The van der Waals surface area contributed by atoms with Gasteiger partial charge < -0.3 is 9.15 Å². The van der Waals surface area contributed by atoms with Crippen LogP contribution in [0.25, 0.3) is 0 Å². The zero-order valence-electron chi connectivity index (χ0n) is 13.7. The summed E-state index contributed by atoms with van der Waals surface area (Å²) in [6.45, 7) is 10.9. The average molecular weight is 386 g/mol. The Kier molecular flexibility index (Phi) is 8.83. The monoisotopic (exact) mass is 385 g/mol. The molecule has 1 unspecified atom stereocenters. The number of ether oxygens (including phenoxy) is 1. The normalized spacial score (nSPS) is 13.8. The lowest BCUT2D eigenvalue weighted by molar-refractivity contribution is 0.184. The van der Waals surface area contributed by atoms with E-state index in [-0.39, 0.29) is 5.92 Å². The molecular formula is C17H24BrNO2S. The third kappa shape index (κ3) is 6.15. The second-order valence-corrected chi connectivity index (χ2v) is 6.75. The molecule has 0 spiro atoms. The molecule has 0 aromatic carbocycles. The minimum Gasteiger partial charge on any atom is -0.433 e. The predicted molar refractivity (Wildman–Crippen MR) is 97.3 cm³/mol. The second kappa shape index (κ2) is 10.1. The molecule has 0 aliphatic heterocycles. The number of aromatic nitrogens is 1. The van der Waals surface area contributed by atoms with Gasteiger partial charge in [-0.1, -0.05) is 38.2 Å². The number of thioether (sulfide) groups is 1. The number of rotatable bonds is 9. The number of oxazole rings is 1. The highest BCUT2D eigenvalue weighted by Crippen LogP contribution is 2.36. The molecule has 1 heterocycles. The van der Waals surface area contributed by atoms with E-state index in [9.17, 15) is 0 Å². The van der Waals surface area contributed by atoms with Crippen molar-refractivity contribution in [3.63, 3.8) is 0 Å². The van der Waals surface area contributed by atoms with Crippen molar-refractivity contribution in [2.24, 2.45) is 0 Å². The largest absolute Gasteiger partial charge is 0.433 e. The third-order valence-electron chi connectivity index (χ3n) is 3.18. The summed E-state index contributed by atoms with van der Waals surface area (Å²) in [5.74, 6) is 0.971. The molecule has 0 bridgehead atoms. The maximum absolute atomic E-state index is 5.89. The molecule has 0 amide bonds. The van der Waals surface area contributed by atoms with Crippen molar-refractivity contribution >= 4 is 27.7 Å². The van der Waals surface area contributed by atoms with Crippen LogP contribution in [0.5, 0.6) is 0 Å². The summed E-state index contributed by atoms with van der Waals surface area (Å²) in [5, 5.41) is 0.777. The maximum Gasteiger partial charge on any atom is 0.200 e. The fourth-order valence-corrected chi connectivity index (χ4v) is 2.83. The van der Waals surface area contributed by atoms with Crippen LogP contribution >= 0.6 is 27.7 Å². The maximum atomic E-state index is 5.89. The van der Waals surface area contributed by atoms with E-state index in [2.05, 4.69) is 47.4 Å². The summed E-state index contributed by atoms with van der Waals surface area (Å²) in [6.07, 6.45) is 7.98. The van der Waals surface area contributed by atoms with E-state index >= 15 is 0 Å². The summed E-state index contributed by atoms with van der Waals surface area (Å²) >= 11 is 5.03. The van der Waals surface area contributed by atoms with E-state index < -0.39 is 0 Å². The second-order valence-electron chi connectivity index (χ2n) is 4.95. The van der Waals surface area contributed by atoms with Crippen molar-refractivity contribution in [3.8, 4) is 0 Å². The topological polar surface area (TPSA) is 35.3 Å². The van der Waals surface area contributed by atoms with E-state index in [1.165, 1.54) is 0 Å². The molecule has 0 aliphatic carbocycles. The molecule has 0 fully saturated rings. The van der Waals surface area contributed by atoms with Gasteiger partial charge in [-0.05, 0) is 53.5 Å². The van der Waals surface area contributed by atoms with Crippen LogP contribution in [-0.4, -0.2) is 18.7 Å². The van der Waals surface area contributed by atoms with Crippen LogP contribution in [0.3, 0.4) is 0 Å². The van der Waals surface area contributed by atoms with Gasteiger partial charge in [0.15, 0.2) is 15.6 Å². The van der Waals surface area contributed by atoms with Gasteiger partial charge in [0.05, 0.1) is 0 Å². The average Bonchev–Trinajstić information content (AvgIpc) is 2.89. The number of nitrogens with zero attached hydrogens (tertiary/aromatic N) is 1. The third-order valence-corrected chi connectivity index (χ3v) is 5.05. The Bertz CT molecular complexity index is 549. The molecule has 1 aromatic rings. The number of allylic oxidation sites excluding steroid dienone is 4. The Morgan fingerprint density at radius 2 is 2.23 bits per heavy atom. The molecule has 1 rings (SSSR count).